The fraction of sp³-hybridized carbons (Fsp3) is 0.643. The van der Waals surface area contributed by atoms with Crippen molar-refractivity contribution in [1.29, 1.82) is 0 Å². The number of rotatable bonds is 3. The highest BCUT2D eigenvalue weighted by atomic mass is 16.2. The van der Waals surface area contributed by atoms with E-state index >= 15 is 0 Å². The third-order valence-corrected chi connectivity index (χ3v) is 3.86. The average molecular weight is 277 g/mol. The van der Waals surface area contributed by atoms with E-state index < -0.39 is 0 Å². The molecule has 0 saturated carbocycles. The van der Waals surface area contributed by atoms with Gasteiger partial charge in [-0.2, -0.15) is 0 Å². The van der Waals surface area contributed by atoms with Crippen LogP contribution < -0.4 is 5.32 Å². The molecule has 2 atom stereocenters. The van der Waals surface area contributed by atoms with Crippen molar-refractivity contribution in [2.24, 2.45) is 0 Å². The second-order valence-electron chi connectivity index (χ2n) is 5.39. The predicted octanol–water partition coefficient (Wildman–Crippen LogP) is 1.07. The lowest BCUT2D eigenvalue weighted by atomic mass is 10.1. The standard InChI is InChI=1S/C14H23N5O/c1-5-16-13-7-15-6-12(17-13)14(20)19-8-10(2)18(4)11(3)9-19/h6-7,10-11H,5,8-9H2,1-4H3,(H,16,17). The van der Waals surface area contributed by atoms with Crippen LogP contribution in [0.2, 0.25) is 0 Å². The van der Waals surface area contributed by atoms with Gasteiger partial charge in [0.1, 0.15) is 11.5 Å². The van der Waals surface area contributed by atoms with Gasteiger partial charge >= 0.3 is 0 Å². The van der Waals surface area contributed by atoms with E-state index in [0.29, 0.717) is 23.6 Å². The molecule has 1 aliphatic heterocycles. The first-order valence-corrected chi connectivity index (χ1v) is 7.10. The minimum absolute atomic E-state index is 0.0379. The van der Waals surface area contributed by atoms with Crippen LogP contribution in [0.3, 0.4) is 0 Å². The fourth-order valence-electron chi connectivity index (χ4n) is 2.47. The van der Waals surface area contributed by atoms with Gasteiger partial charge in [0.05, 0.1) is 12.4 Å². The zero-order valence-electron chi connectivity index (χ0n) is 12.6. The summed E-state index contributed by atoms with van der Waals surface area (Å²) in [5.41, 5.74) is 0.410. The van der Waals surface area contributed by atoms with Crippen molar-refractivity contribution in [2.75, 3.05) is 32.0 Å². The maximum Gasteiger partial charge on any atom is 0.274 e. The SMILES string of the molecule is CCNc1cncc(C(=O)N2CC(C)N(C)C(C)C2)n1. The maximum atomic E-state index is 12.5. The molecule has 1 aromatic rings. The van der Waals surface area contributed by atoms with Crippen LogP contribution in [-0.4, -0.2) is 64.4 Å². The van der Waals surface area contributed by atoms with Gasteiger partial charge in [0, 0.05) is 31.7 Å². The van der Waals surface area contributed by atoms with Crippen LogP contribution in [0.1, 0.15) is 31.3 Å². The monoisotopic (exact) mass is 277 g/mol. The van der Waals surface area contributed by atoms with Gasteiger partial charge in [-0.15, -0.1) is 0 Å². The molecule has 20 heavy (non-hydrogen) atoms. The molecular formula is C14H23N5O. The lowest BCUT2D eigenvalue weighted by Crippen LogP contribution is -2.56. The number of anilines is 1. The lowest BCUT2D eigenvalue weighted by molar-refractivity contribution is 0.0409. The molecular weight excluding hydrogens is 254 g/mol. The smallest absolute Gasteiger partial charge is 0.274 e. The van der Waals surface area contributed by atoms with E-state index in [1.807, 2.05) is 11.8 Å². The number of nitrogens with zero attached hydrogens (tertiary/aromatic N) is 4. The molecule has 1 amide bonds. The van der Waals surface area contributed by atoms with Gasteiger partial charge < -0.3 is 10.2 Å². The topological polar surface area (TPSA) is 61.4 Å². The quantitative estimate of drug-likeness (QED) is 0.895. The number of amides is 1. The molecule has 1 aliphatic rings. The first-order chi connectivity index (χ1) is 9.52. The van der Waals surface area contributed by atoms with E-state index in [0.717, 1.165) is 19.6 Å². The highest BCUT2D eigenvalue weighted by Crippen LogP contribution is 2.15. The molecule has 2 rings (SSSR count). The minimum atomic E-state index is -0.0379. The number of carbonyl (C=O) groups is 1. The highest BCUT2D eigenvalue weighted by molar-refractivity contribution is 5.92. The molecule has 0 bridgehead atoms. The van der Waals surface area contributed by atoms with E-state index in [1.165, 1.54) is 6.20 Å². The molecule has 1 fully saturated rings. The summed E-state index contributed by atoms with van der Waals surface area (Å²) in [7, 11) is 2.10. The second-order valence-corrected chi connectivity index (χ2v) is 5.39. The van der Waals surface area contributed by atoms with Crippen LogP contribution in [0.5, 0.6) is 0 Å². The van der Waals surface area contributed by atoms with Gasteiger partial charge in [-0.25, -0.2) is 4.98 Å². The van der Waals surface area contributed by atoms with Crippen molar-refractivity contribution < 1.29 is 4.79 Å². The molecule has 110 valence electrons. The third-order valence-electron chi connectivity index (χ3n) is 3.86. The summed E-state index contributed by atoms with van der Waals surface area (Å²) >= 11 is 0. The molecule has 1 N–H and O–H groups in total. The van der Waals surface area contributed by atoms with Crippen LogP contribution in [0.25, 0.3) is 0 Å². The number of hydrogen-bond acceptors (Lipinski definition) is 5. The summed E-state index contributed by atoms with van der Waals surface area (Å²) in [4.78, 5) is 25.1. The maximum absolute atomic E-state index is 12.5. The lowest BCUT2D eigenvalue weighted by Gasteiger charge is -2.42. The normalized spacial score (nSPS) is 23.7. The number of hydrogen-bond donors (Lipinski definition) is 1. The first-order valence-electron chi connectivity index (χ1n) is 7.10. The van der Waals surface area contributed by atoms with Gasteiger partial charge in [-0.3, -0.25) is 14.7 Å². The van der Waals surface area contributed by atoms with Crippen LogP contribution >= 0.6 is 0 Å². The van der Waals surface area contributed by atoms with Crippen LogP contribution in [0, 0.1) is 0 Å². The van der Waals surface area contributed by atoms with Crippen molar-refractivity contribution >= 4 is 11.7 Å². The Bertz CT molecular complexity index is 466. The zero-order valence-corrected chi connectivity index (χ0v) is 12.6. The van der Waals surface area contributed by atoms with Crippen molar-refractivity contribution in [1.82, 2.24) is 19.8 Å². The highest BCUT2D eigenvalue weighted by Gasteiger charge is 2.30. The van der Waals surface area contributed by atoms with Crippen molar-refractivity contribution in [3.63, 3.8) is 0 Å². The molecule has 6 nitrogen and oxygen atoms in total. The number of piperazine rings is 1. The average Bonchev–Trinajstić information content (AvgIpc) is 2.44. The Morgan fingerprint density at radius 1 is 1.35 bits per heavy atom. The number of aromatic nitrogens is 2. The summed E-state index contributed by atoms with van der Waals surface area (Å²) in [6, 6.07) is 0.709. The van der Waals surface area contributed by atoms with Crippen molar-refractivity contribution in [3.05, 3.63) is 18.1 Å². The van der Waals surface area contributed by atoms with E-state index in [-0.39, 0.29) is 5.91 Å². The molecule has 6 heteroatoms. The van der Waals surface area contributed by atoms with E-state index in [4.69, 9.17) is 0 Å². The summed E-state index contributed by atoms with van der Waals surface area (Å²) < 4.78 is 0. The number of nitrogens with one attached hydrogen (secondary N) is 1. The Balaban J connectivity index is 2.13. The van der Waals surface area contributed by atoms with Gasteiger partial charge in [0.25, 0.3) is 5.91 Å². The van der Waals surface area contributed by atoms with Crippen molar-refractivity contribution in [2.45, 2.75) is 32.9 Å². The van der Waals surface area contributed by atoms with E-state index in [2.05, 4.69) is 41.1 Å². The Morgan fingerprint density at radius 3 is 2.60 bits per heavy atom. The van der Waals surface area contributed by atoms with Crippen molar-refractivity contribution in [3.8, 4) is 0 Å². The summed E-state index contributed by atoms with van der Waals surface area (Å²) in [6.45, 7) is 8.47. The Kier molecular flexibility index (Phi) is 4.54. The summed E-state index contributed by atoms with van der Waals surface area (Å²) in [6.07, 6.45) is 3.17. The number of likely N-dealkylation sites (N-methyl/N-ethyl adjacent to an activating group) is 1. The first kappa shape index (κ1) is 14.7. The Hall–Kier alpha value is -1.69. The van der Waals surface area contributed by atoms with Crippen LogP contribution in [0.4, 0.5) is 5.82 Å². The molecule has 0 aliphatic carbocycles. The molecule has 0 spiro atoms. The second kappa shape index (κ2) is 6.17. The van der Waals surface area contributed by atoms with Crippen LogP contribution in [-0.2, 0) is 0 Å². The predicted molar refractivity (Wildman–Crippen MR) is 78.8 cm³/mol. The number of carbonyl (C=O) groups excluding carboxylic acids is 1. The molecule has 0 radical (unpaired) electrons. The molecule has 2 unspecified atom stereocenters. The molecule has 2 heterocycles. The van der Waals surface area contributed by atoms with E-state index in [9.17, 15) is 4.79 Å². The molecule has 0 aromatic carbocycles. The van der Waals surface area contributed by atoms with Gasteiger partial charge in [0.2, 0.25) is 0 Å². The Labute approximate surface area is 120 Å². The largest absolute Gasteiger partial charge is 0.369 e. The van der Waals surface area contributed by atoms with Crippen LogP contribution in [0.15, 0.2) is 12.4 Å². The van der Waals surface area contributed by atoms with Gasteiger partial charge in [-0.05, 0) is 27.8 Å². The van der Waals surface area contributed by atoms with Gasteiger partial charge in [-0.1, -0.05) is 0 Å². The molecule has 1 aromatic heterocycles. The summed E-state index contributed by atoms with van der Waals surface area (Å²) in [5.74, 6) is 0.609. The minimum Gasteiger partial charge on any atom is -0.369 e. The fourth-order valence-corrected chi connectivity index (χ4v) is 2.47. The Morgan fingerprint density at radius 2 is 2.00 bits per heavy atom. The zero-order chi connectivity index (χ0) is 14.7. The van der Waals surface area contributed by atoms with Gasteiger partial charge in [0.15, 0.2) is 0 Å². The third kappa shape index (κ3) is 3.07. The van der Waals surface area contributed by atoms with E-state index in [1.54, 1.807) is 6.20 Å². The molecule has 1 saturated heterocycles. The summed E-state index contributed by atoms with van der Waals surface area (Å²) in [5, 5.41) is 3.08.